The quantitative estimate of drug-likeness (QED) is 0.241. The van der Waals surface area contributed by atoms with Gasteiger partial charge in [0, 0.05) is 42.3 Å². The number of pyridine rings is 1. The molecule has 0 radical (unpaired) electrons. The summed E-state index contributed by atoms with van der Waals surface area (Å²) in [5.74, 6) is 0.863. The molecule has 4 nitrogen and oxygen atoms in total. The van der Waals surface area contributed by atoms with E-state index in [2.05, 4.69) is 81.8 Å². The summed E-state index contributed by atoms with van der Waals surface area (Å²) in [7, 11) is 0. The molecule has 0 amide bonds. The van der Waals surface area contributed by atoms with E-state index in [1.54, 1.807) is 11.3 Å². The fourth-order valence-electron chi connectivity index (χ4n) is 3.93. The number of benzene rings is 2. The van der Waals surface area contributed by atoms with Crippen molar-refractivity contribution in [2.75, 3.05) is 11.4 Å². The molecule has 0 aliphatic rings. The minimum Gasteiger partial charge on any atom is -0.351 e. The number of hydrogen-bond acceptors (Lipinski definition) is 5. The Bertz CT molecular complexity index is 1350. The zero-order chi connectivity index (χ0) is 22.6. The summed E-state index contributed by atoms with van der Waals surface area (Å²) in [6.45, 7) is 3.58. The molecule has 0 fully saturated rings. The van der Waals surface area contributed by atoms with Gasteiger partial charge in [0.1, 0.15) is 10.6 Å². The van der Waals surface area contributed by atoms with E-state index in [1.807, 2.05) is 24.4 Å². The topological polar surface area (TPSA) is 41.9 Å². The van der Waals surface area contributed by atoms with Crippen LogP contribution in [0.5, 0.6) is 0 Å². The van der Waals surface area contributed by atoms with Crippen molar-refractivity contribution in [3.8, 4) is 11.1 Å². The molecule has 6 heteroatoms. The van der Waals surface area contributed by atoms with E-state index in [4.69, 9.17) is 16.6 Å². The number of aryl methyl sites for hydroxylation is 1. The van der Waals surface area contributed by atoms with Gasteiger partial charge in [-0.05, 0) is 41.8 Å². The summed E-state index contributed by atoms with van der Waals surface area (Å²) >= 11 is 8.01. The molecular formula is C27H23ClN4S. The zero-order valence-electron chi connectivity index (χ0n) is 18.3. The molecule has 0 spiro atoms. The van der Waals surface area contributed by atoms with Gasteiger partial charge in [0.15, 0.2) is 0 Å². The summed E-state index contributed by atoms with van der Waals surface area (Å²) in [6.07, 6.45) is 2.64. The first-order valence-corrected chi connectivity index (χ1v) is 12.1. The van der Waals surface area contributed by atoms with Crippen molar-refractivity contribution < 1.29 is 0 Å². The van der Waals surface area contributed by atoms with E-state index < -0.39 is 0 Å². The van der Waals surface area contributed by atoms with Crippen LogP contribution in [0.15, 0.2) is 84.4 Å². The van der Waals surface area contributed by atoms with Crippen molar-refractivity contribution in [1.82, 2.24) is 15.0 Å². The van der Waals surface area contributed by atoms with E-state index in [0.717, 1.165) is 52.4 Å². The Balaban J connectivity index is 1.60. The SMILES string of the molecule is Cc1ccc(-c2csc3nc(Cl)nc(N(CCc4ccccn4)Cc4ccccc4)c23)cc1. The molecule has 0 aliphatic heterocycles. The van der Waals surface area contributed by atoms with Crippen LogP contribution in [0.25, 0.3) is 21.3 Å². The Morgan fingerprint density at radius 3 is 2.45 bits per heavy atom. The molecule has 33 heavy (non-hydrogen) atoms. The smallest absolute Gasteiger partial charge is 0.225 e. The van der Waals surface area contributed by atoms with Crippen LogP contribution in [0.2, 0.25) is 5.28 Å². The Kier molecular flexibility index (Phi) is 6.33. The maximum absolute atomic E-state index is 6.41. The van der Waals surface area contributed by atoms with Crippen molar-refractivity contribution in [1.29, 1.82) is 0 Å². The lowest BCUT2D eigenvalue weighted by Gasteiger charge is -2.25. The molecule has 3 aromatic heterocycles. The fourth-order valence-corrected chi connectivity index (χ4v) is 5.09. The minimum atomic E-state index is 0.269. The van der Waals surface area contributed by atoms with Crippen LogP contribution in [0.1, 0.15) is 16.8 Å². The summed E-state index contributed by atoms with van der Waals surface area (Å²) in [5, 5.41) is 3.47. The minimum absolute atomic E-state index is 0.269. The molecule has 5 rings (SSSR count). The molecule has 2 aromatic carbocycles. The average Bonchev–Trinajstić information content (AvgIpc) is 3.27. The molecule has 0 unspecified atom stereocenters. The van der Waals surface area contributed by atoms with Crippen molar-refractivity contribution in [2.45, 2.75) is 19.9 Å². The van der Waals surface area contributed by atoms with Gasteiger partial charge in [-0.1, -0.05) is 66.2 Å². The van der Waals surface area contributed by atoms with Gasteiger partial charge < -0.3 is 4.90 Å². The van der Waals surface area contributed by atoms with Gasteiger partial charge in [-0.3, -0.25) is 4.98 Å². The molecule has 0 bridgehead atoms. The Hall–Kier alpha value is -3.28. The summed E-state index contributed by atoms with van der Waals surface area (Å²) in [5.41, 5.74) is 5.80. The predicted molar refractivity (Wildman–Crippen MR) is 138 cm³/mol. The van der Waals surface area contributed by atoms with Gasteiger partial charge in [-0.15, -0.1) is 11.3 Å². The van der Waals surface area contributed by atoms with Crippen LogP contribution in [0.4, 0.5) is 5.82 Å². The first-order valence-electron chi connectivity index (χ1n) is 10.9. The first kappa shape index (κ1) is 21.6. The normalized spacial score (nSPS) is 11.1. The molecule has 5 aromatic rings. The van der Waals surface area contributed by atoms with Crippen molar-refractivity contribution in [2.24, 2.45) is 0 Å². The fraction of sp³-hybridized carbons (Fsp3) is 0.148. The monoisotopic (exact) mass is 470 g/mol. The van der Waals surface area contributed by atoms with Crippen LogP contribution in [-0.2, 0) is 13.0 Å². The van der Waals surface area contributed by atoms with Crippen LogP contribution in [-0.4, -0.2) is 21.5 Å². The van der Waals surface area contributed by atoms with E-state index in [-0.39, 0.29) is 5.28 Å². The zero-order valence-corrected chi connectivity index (χ0v) is 19.9. The van der Waals surface area contributed by atoms with Crippen LogP contribution < -0.4 is 4.90 Å². The van der Waals surface area contributed by atoms with Crippen molar-refractivity contribution in [3.63, 3.8) is 0 Å². The second-order valence-corrected chi connectivity index (χ2v) is 9.19. The van der Waals surface area contributed by atoms with Gasteiger partial charge in [0.05, 0.1) is 5.39 Å². The van der Waals surface area contributed by atoms with Gasteiger partial charge in [-0.2, -0.15) is 4.98 Å². The number of rotatable bonds is 7. The largest absolute Gasteiger partial charge is 0.351 e. The van der Waals surface area contributed by atoms with Crippen LogP contribution in [0, 0.1) is 6.92 Å². The predicted octanol–water partition coefficient (Wildman–Crippen LogP) is 6.96. The number of thiophene rings is 1. The number of nitrogens with zero attached hydrogens (tertiary/aromatic N) is 4. The summed E-state index contributed by atoms with van der Waals surface area (Å²) < 4.78 is 0. The molecule has 0 aliphatic carbocycles. The maximum atomic E-state index is 6.41. The standard InChI is InChI=1S/C27H23ClN4S/c1-19-10-12-21(13-11-19)23-18-33-26-24(23)25(30-27(28)31-26)32(17-20-7-3-2-4-8-20)16-14-22-9-5-6-15-29-22/h2-13,15,18H,14,16-17H2,1H3. The third-order valence-corrected chi connectivity index (χ3v) is 6.67. The number of aromatic nitrogens is 3. The number of fused-ring (bicyclic) bond motifs is 1. The Morgan fingerprint density at radius 2 is 1.70 bits per heavy atom. The van der Waals surface area contributed by atoms with Crippen LogP contribution >= 0.6 is 22.9 Å². The third-order valence-electron chi connectivity index (χ3n) is 5.63. The molecular weight excluding hydrogens is 448 g/mol. The summed E-state index contributed by atoms with van der Waals surface area (Å²) in [4.78, 5) is 17.0. The third kappa shape index (κ3) is 4.90. The highest BCUT2D eigenvalue weighted by atomic mass is 35.5. The van der Waals surface area contributed by atoms with Crippen LogP contribution in [0.3, 0.4) is 0 Å². The number of anilines is 1. The molecule has 3 heterocycles. The number of hydrogen-bond donors (Lipinski definition) is 0. The van der Waals surface area contributed by atoms with E-state index in [0.29, 0.717) is 0 Å². The molecule has 164 valence electrons. The molecule has 0 saturated heterocycles. The van der Waals surface area contributed by atoms with Crippen molar-refractivity contribution >= 4 is 39.0 Å². The van der Waals surface area contributed by atoms with E-state index in [9.17, 15) is 0 Å². The van der Waals surface area contributed by atoms with Gasteiger partial charge in [0.25, 0.3) is 0 Å². The Labute approximate surface area is 202 Å². The highest BCUT2D eigenvalue weighted by molar-refractivity contribution is 7.17. The molecule has 0 atom stereocenters. The first-order chi connectivity index (χ1) is 16.2. The number of halogens is 1. The highest BCUT2D eigenvalue weighted by Crippen LogP contribution is 2.39. The van der Waals surface area contributed by atoms with Gasteiger partial charge in [0.2, 0.25) is 5.28 Å². The average molecular weight is 471 g/mol. The van der Waals surface area contributed by atoms with Gasteiger partial charge >= 0.3 is 0 Å². The maximum Gasteiger partial charge on any atom is 0.225 e. The van der Waals surface area contributed by atoms with Crippen molar-refractivity contribution in [3.05, 3.63) is 106 Å². The van der Waals surface area contributed by atoms with Gasteiger partial charge in [-0.25, -0.2) is 4.98 Å². The second kappa shape index (κ2) is 9.69. The highest BCUT2D eigenvalue weighted by Gasteiger charge is 2.20. The molecule has 0 saturated carbocycles. The lowest BCUT2D eigenvalue weighted by Crippen LogP contribution is -2.27. The Morgan fingerprint density at radius 1 is 0.909 bits per heavy atom. The molecule has 0 N–H and O–H groups in total. The lowest BCUT2D eigenvalue weighted by molar-refractivity contribution is 0.761. The van der Waals surface area contributed by atoms with E-state index in [1.165, 1.54) is 11.1 Å². The van der Waals surface area contributed by atoms with E-state index >= 15 is 0 Å². The second-order valence-electron chi connectivity index (χ2n) is 7.99. The summed E-state index contributed by atoms with van der Waals surface area (Å²) in [6, 6.07) is 25.1. The lowest BCUT2D eigenvalue weighted by atomic mass is 10.0.